The Hall–Kier alpha value is -10.6. The lowest BCUT2D eigenvalue weighted by atomic mass is 9.77. The number of carboxylic acid groups (broad SMARTS) is 1. The summed E-state index contributed by atoms with van der Waals surface area (Å²) in [5.41, 5.74) is 3.82. The first-order chi connectivity index (χ1) is 53.1. The van der Waals surface area contributed by atoms with Crippen LogP contribution in [0.1, 0.15) is 188 Å². The predicted octanol–water partition coefficient (Wildman–Crippen LogP) is 3.08. The second kappa shape index (κ2) is 43.9. The molecule has 0 spiro atoms. The molecule has 12 amide bonds. The van der Waals surface area contributed by atoms with Gasteiger partial charge < -0.3 is 89.6 Å². The van der Waals surface area contributed by atoms with Gasteiger partial charge in [0.1, 0.15) is 65.2 Å². The number of carboxylic acids is 1. The van der Waals surface area contributed by atoms with E-state index in [0.29, 0.717) is 72.5 Å². The normalized spacial score (nSPS) is 22.5. The van der Waals surface area contributed by atoms with E-state index in [1.54, 1.807) is 42.6 Å². The van der Waals surface area contributed by atoms with Crippen LogP contribution in [0.25, 0.3) is 10.9 Å². The third-order valence-corrected chi connectivity index (χ3v) is 20.6. The maximum absolute atomic E-state index is 15.4. The van der Waals surface area contributed by atoms with Crippen molar-refractivity contribution in [3.63, 3.8) is 0 Å². The van der Waals surface area contributed by atoms with Crippen molar-refractivity contribution >= 4 is 93.5 Å². The molecule has 31 nitrogen and oxygen atoms in total. The SMILES string of the molecule is CC(=O)N[C@@H](CC(C)C)C(=O)N[C@H](C(=O)N[C@@H](Cc1ccccc1)C(=O)N[C@]1(C)CCCCCC/C=C/CCC[C@@](C)(C(=O)N[C@@H](CO)C(=O)NC(C)C(=O)N[C@@H](C)C(N)=O)NC(=O)[C@H](CC2CCC2)CCC(=O)[C@H](Cc2c[nH]c3ccccc23)NC(=O)C(Cc2ccc(O)cc2)NC(=O)[C@H](CCC(=O)O)NC1=O)[C@@H](C)O. The average Bonchev–Trinajstić information content (AvgIpc) is 1.55. The molecule has 1 fully saturated rings. The Morgan fingerprint density at radius 1 is 0.607 bits per heavy atom. The summed E-state index contributed by atoms with van der Waals surface area (Å²) in [5, 5.41) is 72.0. The highest BCUT2D eigenvalue weighted by Gasteiger charge is 2.43. The van der Waals surface area contributed by atoms with Crippen molar-refractivity contribution in [2.75, 3.05) is 6.61 Å². The van der Waals surface area contributed by atoms with Gasteiger partial charge in [-0.3, -0.25) is 67.1 Å². The number of carbonyl (C=O) groups excluding carboxylic acids is 13. The van der Waals surface area contributed by atoms with Crippen LogP contribution in [0.2, 0.25) is 0 Å². The molecule has 4 aromatic rings. The van der Waals surface area contributed by atoms with Crippen LogP contribution in [0.3, 0.4) is 0 Å². The van der Waals surface area contributed by atoms with Crippen molar-refractivity contribution in [2.24, 2.45) is 23.5 Å². The second-order valence-corrected chi connectivity index (χ2v) is 30.6. The van der Waals surface area contributed by atoms with E-state index < -0.39 is 180 Å². The number of amides is 12. The summed E-state index contributed by atoms with van der Waals surface area (Å²) in [6.45, 7) is 10.7. The summed E-state index contributed by atoms with van der Waals surface area (Å²) in [6.07, 6.45) is 7.73. The van der Waals surface area contributed by atoms with E-state index in [1.807, 2.05) is 44.2 Å². The summed E-state index contributed by atoms with van der Waals surface area (Å²) >= 11 is 0. The number of fused-ring (bicyclic) bond motifs is 1. The number of ketones is 1. The van der Waals surface area contributed by atoms with Crippen molar-refractivity contribution in [2.45, 2.75) is 262 Å². The molecule has 31 heteroatoms. The molecule has 3 aromatic carbocycles. The number of aliphatic hydroxyl groups excluding tert-OH is 2. The Kier molecular flexibility index (Phi) is 35.4. The fourth-order valence-corrected chi connectivity index (χ4v) is 13.5. The number of aromatic nitrogens is 1. The standard InChI is InChI=1S/C81H115N13O18/c1-47(2)40-62(86-51(6)97)74(107)92-68(50(5)96)77(110)89-64(42-53-24-17-16-18-25-53)76(109)94-81(8)39-22-15-13-11-9-10-12-14-21-38-80(7,79(112)91-65(46-95)75(108)85-49(4)70(103)84-48(3)69(82)102)93-71(104)55(41-52-26-23-27-52)32-36-66(99)61(44-56-45-83-59-29-20-19-28-58(56)59)87-73(106)63(43-54-30-33-57(98)34-31-54)88-72(105)60(90-78(81)111)35-37-67(100)101/h10,12,16-20,24-25,28-31,33-34,45,47-50,52,55,60-65,68,83,95-96,98H,9,11,13-15,21-23,26-27,32,35-44,46H2,1-8H3,(H2,82,102)(H,84,103)(H,85,108)(H,86,97)(H,87,106)(H,88,105)(H,89,110)(H,90,111)(H,91,112)(H,92,107)(H,93,104)(H,94,109)(H,100,101)/b12-10+/t48-,49?,50+,55-,60-,61-,62-,63?,64-,65-,68-,80-,81+/m0/s1. The molecule has 2 aliphatic rings. The first kappa shape index (κ1) is 90.3. The summed E-state index contributed by atoms with van der Waals surface area (Å²) < 4.78 is 0. The van der Waals surface area contributed by atoms with Crippen LogP contribution in [-0.2, 0) is 86.4 Å². The number of nitrogens with two attached hydrogens (primary N) is 1. The van der Waals surface area contributed by atoms with Gasteiger partial charge in [0.15, 0.2) is 5.78 Å². The molecule has 1 aliphatic carbocycles. The number of H-pyrrole nitrogens is 1. The molecule has 6 rings (SSSR count). The lowest BCUT2D eigenvalue weighted by Crippen LogP contribution is -2.65. The molecule has 13 atom stereocenters. The molecule has 612 valence electrons. The number of hydrogen-bond donors (Lipinski definition) is 17. The smallest absolute Gasteiger partial charge is 0.303 e. The zero-order valence-corrected chi connectivity index (χ0v) is 65.4. The Morgan fingerprint density at radius 3 is 1.88 bits per heavy atom. The molecular weight excluding hydrogens is 1440 g/mol. The highest BCUT2D eigenvalue weighted by Crippen LogP contribution is 2.35. The molecule has 0 saturated heterocycles. The molecule has 2 unspecified atom stereocenters. The number of aliphatic carboxylic acids is 1. The van der Waals surface area contributed by atoms with Gasteiger partial charge in [0.2, 0.25) is 70.9 Å². The summed E-state index contributed by atoms with van der Waals surface area (Å²) in [7, 11) is 0. The van der Waals surface area contributed by atoms with Crippen LogP contribution >= 0.6 is 0 Å². The molecule has 1 aromatic heterocycles. The molecule has 1 aliphatic heterocycles. The number of hydrogen-bond acceptors (Lipinski definition) is 17. The Morgan fingerprint density at radius 2 is 1.24 bits per heavy atom. The Labute approximate surface area is 653 Å². The topological polar surface area (TPSA) is 494 Å². The van der Waals surface area contributed by atoms with Gasteiger partial charge >= 0.3 is 5.97 Å². The van der Waals surface area contributed by atoms with Gasteiger partial charge in [-0.1, -0.05) is 125 Å². The van der Waals surface area contributed by atoms with Gasteiger partial charge in [0.05, 0.1) is 18.8 Å². The molecular formula is C81H115N13O18. The number of carbonyl (C=O) groups is 14. The van der Waals surface area contributed by atoms with E-state index in [4.69, 9.17) is 5.73 Å². The monoisotopic (exact) mass is 1560 g/mol. The second-order valence-electron chi connectivity index (χ2n) is 30.6. The van der Waals surface area contributed by atoms with Gasteiger partial charge in [-0.05, 0) is 146 Å². The predicted molar refractivity (Wildman–Crippen MR) is 416 cm³/mol. The van der Waals surface area contributed by atoms with Crippen molar-refractivity contribution in [3.8, 4) is 5.75 Å². The van der Waals surface area contributed by atoms with Gasteiger partial charge in [0, 0.05) is 62.0 Å². The minimum Gasteiger partial charge on any atom is -0.508 e. The zero-order chi connectivity index (χ0) is 82.4. The van der Waals surface area contributed by atoms with Crippen molar-refractivity contribution in [3.05, 3.63) is 114 Å². The molecule has 18 N–H and O–H groups in total. The number of aliphatic hydroxyl groups is 2. The zero-order valence-electron chi connectivity index (χ0n) is 65.4. The first-order valence-corrected chi connectivity index (χ1v) is 38.8. The first-order valence-electron chi connectivity index (χ1n) is 38.8. The maximum atomic E-state index is 15.4. The van der Waals surface area contributed by atoms with Crippen molar-refractivity contribution in [1.29, 1.82) is 0 Å². The molecule has 2 heterocycles. The lowest BCUT2D eigenvalue weighted by molar-refractivity contribution is -0.140. The molecule has 1 saturated carbocycles. The van der Waals surface area contributed by atoms with E-state index in [1.165, 1.54) is 65.8 Å². The number of aromatic hydroxyl groups is 1. The quantitative estimate of drug-likeness (QED) is 0.0347. The van der Waals surface area contributed by atoms with Crippen LogP contribution in [-0.4, -0.2) is 186 Å². The fraction of sp³-hybridized carbons (Fsp3) is 0.556. The van der Waals surface area contributed by atoms with Crippen LogP contribution in [0.15, 0.2) is 97.2 Å². The number of benzene rings is 3. The minimum absolute atomic E-state index is 0.00262. The largest absolute Gasteiger partial charge is 0.508 e. The number of phenols is 1. The van der Waals surface area contributed by atoms with Gasteiger partial charge in [0.25, 0.3) is 0 Å². The third-order valence-electron chi connectivity index (χ3n) is 20.6. The maximum Gasteiger partial charge on any atom is 0.303 e. The molecule has 0 radical (unpaired) electrons. The van der Waals surface area contributed by atoms with E-state index >= 15 is 28.8 Å². The lowest BCUT2D eigenvalue weighted by Gasteiger charge is -2.35. The van der Waals surface area contributed by atoms with Crippen LogP contribution in [0.4, 0.5) is 0 Å². The average molecular weight is 1560 g/mol. The number of allylic oxidation sites excluding steroid dienone is 2. The number of primary amides is 1. The number of nitrogens with one attached hydrogen (secondary N) is 12. The minimum atomic E-state index is -1.98. The number of aromatic amines is 1. The summed E-state index contributed by atoms with van der Waals surface area (Å²) in [5.74, 6) is -13.1. The van der Waals surface area contributed by atoms with E-state index in [0.717, 1.165) is 19.3 Å². The Bertz CT molecular complexity index is 3940. The van der Waals surface area contributed by atoms with Gasteiger partial charge in [-0.25, -0.2) is 0 Å². The van der Waals surface area contributed by atoms with Crippen LogP contribution < -0.4 is 64.2 Å². The summed E-state index contributed by atoms with van der Waals surface area (Å²) in [6, 6.07) is 8.44. The number of Topliss-reactive ketones (excluding diaryl/α,β-unsaturated/α-hetero) is 1. The Balaban J connectivity index is 1.40. The van der Waals surface area contributed by atoms with Crippen LogP contribution in [0, 0.1) is 17.8 Å². The fourth-order valence-electron chi connectivity index (χ4n) is 13.5. The van der Waals surface area contributed by atoms with E-state index in [-0.39, 0.29) is 75.4 Å². The van der Waals surface area contributed by atoms with Gasteiger partial charge in [-0.15, -0.1) is 0 Å². The number of rotatable bonds is 29. The van der Waals surface area contributed by atoms with Crippen LogP contribution in [0.5, 0.6) is 5.75 Å². The van der Waals surface area contributed by atoms with Crippen molar-refractivity contribution < 1.29 is 87.5 Å². The van der Waals surface area contributed by atoms with Crippen molar-refractivity contribution in [1.82, 2.24) is 63.5 Å². The highest BCUT2D eigenvalue weighted by molar-refractivity contribution is 6.01. The third kappa shape index (κ3) is 28.6. The van der Waals surface area contributed by atoms with Gasteiger partial charge in [-0.2, -0.15) is 0 Å². The summed E-state index contributed by atoms with van der Waals surface area (Å²) in [4.78, 5) is 201. The van der Waals surface area contributed by atoms with E-state index in [2.05, 4.69) is 63.5 Å². The number of para-hydroxylation sites is 1. The van der Waals surface area contributed by atoms with E-state index in [9.17, 15) is 58.8 Å². The number of phenolic OH excluding ortho intramolecular Hbond substituents is 1. The molecule has 0 bridgehead atoms. The molecule has 112 heavy (non-hydrogen) atoms. The highest BCUT2D eigenvalue weighted by atomic mass is 16.4.